The number of rotatable bonds is 7. The van der Waals surface area contributed by atoms with Crippen molar-refractivity contribution in [3.8, 4) is 11.3 Å². The van der Waals surface area contributed by atoms with E-state index in [2.05, 4.69) is 75.9 Å². The highest BCUT2D eigenvalue weighted by Crippen LogP contribution is 2.28. The minimum absolute atomic E-state index is 0.0773. The molecule has 0 aliphatic carbocycles. The first-order valence-corrected chi connectivity index (χ1v) is 14.7. The van der Waals surface area contributed by atoms with Crippen LogP contribution in [0.15, 0.2) is 96.5 Å². The van der Waals surface area contributed by atoms with Crippen LogP contribution in [0.3, 0.4) is 0 Å². The third-order valence-corrected chi connectivity index (χ3v) is 8.62. The van der Waals surface area contributed by atoms with Crippen LogP contribution in [0.4, 0.5) is 10.5 Å². The molecule has 2 amide bonds. The normalized spacial score (nSPS) is 15.2. The second-order valence-corrected chi connectivity index (χ2v) is 11.2. The van der Waals surface area contributed by atoms with Crippen LogP contribution in [0.25, 0.3) is 37.8 Å². The zero-order valence-corrected chi connectivity index (χ0v) is 22.9. The fourth-order valence-electron chi connectivity index (χ4n) is 5.58. The van der Waals surface area contributed by atoms with E-state index in [0.29, 0.717) is 13.1 Å². The van der Waals surface area contributed by atoms with Crippen molar-refractivity contribution in [1.82, 2.24) is 14.3 Å². The number of nitrogens with zero attached hydrogens (tertiary/aromatic N) is 3. The quantitative estimate of drug-likeness (QED) is 0.224. The lowest BCUT2D eigenvalue weighted by Gasteiger charge is -2.26. The molecule has 40 heavy (non-hydrogen) atoms. The molecular weight excluding hydrogens is 516 g/mol. The standard InChI is InChI=1S/C33H30N4O2S/c38-32(34-30-13-5-10-24-8-3-4-12-29(24)30)36(20-28-11-6-18-39-28)17-16-27-22-40-33-35-31(21-37(27)33)26-15-14-23-7-1-2-9-25(23)19-26/h1-5,7-10,12-15,19,21-22,28H,6,11,16-18,20H2,(H,34,38). The lowest BCUT2D eigenvalue weighted by Crippen LogP contribution is -2.41. The first-order valence-electron chi connectivity index (χ1n) is 13.8. The molecule has 0 spiro atoms. The largest absolute Gasteiger partial charge is 0.376 e. The highest BCUT2D eigenvalue weighted by Gasteiger charge is 2.23. The van der Waals surface area contributed by atoms with Gasteiger partial charge in [-0.2, -0.15) is 0 Å². The van der Waals surface area contributed by atoms with Gasteiger partial charge in [0, 0.05) is 54.3 Å². The van der Waals surface area contributed by atoms with E-state index in [-0.39, 0.29) is 12.1 Å². The Morgan fingerprint density at radius 2 is 1.82 bits per heavy atom. The van der Waals surface area contributed by atoms with Gasteiger partial charge in [-0.1, -0.05) is 72.8 Å². The number of imidazole rings is 1. The number of thiazole rings is 1. The van der Waals surface area contributed by atoms with E-state index in [9.17, 15) is 4.79 Å². The molecule has 0 bridgehead atoms. The SMILES string of the molecule is O=C(Nc1cccc2ccccc12)N(CCc1csc2nc(-c3ccc4ccccc4c3)cn12)CC1CCCO1. The molecule has 7 heteroatoms. The maximum absolute atomic E-state index is 13.6. The number of amides is 2. The van der Waals surface area contributed by atoms with Gasteiger partial charge >= 0.3 is 6.03 Å². The zero-order chi connectivity index (χ0) is 26.9. The Morgan fingerprint density at radius 3 is 2.70 bits per heavy atom. The second-order valence-electron chi connectivity index (χ2n) is 10.4. The number of ether oxygens (including phenoxy) is 1. The first-order chi connectivity index (χ1) is 19.7. The number of carbonyl (C=O) groups is 1. The minimum Gasteiger partial charge on any atom is -0.376 e. The Labute approximate surface area is 236 Å². The van der Waals surface area contributed by atoms with Crippen LogP contribution in [-0.2, 0) is 11.2 Å². The van der Waals surface area contributed by atoms with Gasteiger partial charge in [0.1, 0.15) is 0 Å². The van der Waals surface area contributed by atoms with Gasteiger partial charge in [0.25, 0.3) is 0 Å². The maximum Gasteiger partial charge on any atom is 0.321 e. The Morgan fingerprint density at radius 1 is 1.00 bits per heavy atom. The summed E-state index contributed by atoms with van der Waals surface area (Å²) in [6.07, 6.45) is 4.95. The van der Waals surface area contributed by atoms with Crippen molar-refractivity contribution >= 4 is 49.6 Å². The predicted octanol–water partition coefficient (Wildman–Crippen LogP) is 7.62. The summed E-state index contributed by atoms with van der Waals surface area (Å²) >= 11 is 1.64. The third-order valence-electron chi connectivity index (χ3n) is 7.73. The van der Waals surface area contributed by atoms with Crippen molar-refractivity contribution in [2.45, 2.75) is 25.4 Å². The number of hydrogen-bond donors (Lipinski definition) is 1. The summed E-state index contributed by atoms with van der Waals surface area (Å²) in [5, 5.41) is 9.91. The average Bonchev–Trinajstić information content (AvgIpc) is 3.74. The second kappa shape index (κ2) is 10.8. The van der Waals surface area contributed by atoms with Crippen molar-refractivity contribution in [3.63, 3.8) is 0 Å². The van der Waals surface area contributed by atoms with E-state index in [4.69, 9.17) is 9.72 Å². The van der Waals surface area contributed by atoms with Gasteiger partial charge in [0.2, 0.25) is 0 Å². The van der Waals surface area contributed by atoms with Gasteiger partial charge in [-0.25, -0.2) is 9.78 Å². The number of nitrogens with one attached hydrogen (secondary N) is 1. The maximum atomic E-state index is 13.6. The van der Waals surface area contributed by atoms with Crippen molar-refractivity contribution in [2.24, 2.45) is 0 Å². The fourth-order valence-corrected chi connectivity index (χ4v) is 6.49. The molecule has 1 atom stereocenters. The highest BCUT2D eigenvalue weighted by molar-refractivity contribution is 7.15. The third kappa shape index (κ3) is 4.94. The summed E-state index contributed by atoms with van der Waals surface area (Å²) in [4.78, 5) is 21.4. The monoisotopic (exact) mass is 546 g/mol. The van der Waals surface area contributed by atoms with E-state index >= 15 is 0 Å². The molecule has 1 saturated heterocycles. The van der Waals surface area contributed by atoms with Gasteiger partial charge in [0.05, 0.1) is 17.5 Å². The fraction of sp³-hybridized carbons (Fsp3) is 0.212. The van der Waals surface area contributed by atoms with E-state index in [0.717, 1.165) is 64.2 Å². The molecule has 3 heterocycles. The van der Waals surface area contributed by atoms with Crippen LogP contribution in [0.5, 0.6) is 0 Å². The van der Waals surface area contributed by atoms with Crippen LogP contribution in [0, 0.1) is 0 Å². The van der Waals surface area contributed by atoms with Crippen LogP contribution in [0.1, 0.15) is 18.5 Å². The smallest absolute Gasteiger partial charge is 0.321 e. The van der Waals surface area contributed by atoms with Crippen molar-refractivity contribution in [1.29, 1.82) is 0 Å². The number of anilines is 1. The number of hydrogen-bond acceptors (Lipinski definition) is 4. The lowest BCUT2D eigenvalue weighted by molar-refractivity contribution is 0.0838. The first kappa shape index (κ1) is 24.8. The van der Waals surface area contributed by atoms with Gasteiger partial charge < -0.3 is 15.0 Å². The zero-order valence-electron chi connectivity index (χ0n) is 22.1. The summed E-state index contributed by atoms with van der Waals surface area (Å²) in [7, 11) is 0. The highest BCUT2D eigenvalue weighted by atomic mass is 32.1. The molecule has 6 nitrogen and oxygen atoms in total. The van der Waals surface area contributed by atoms with Gasteiger partial charge in [-0.05, 0) is 41.1 Å². The summed E-state index contributed by atoms with van der Waals surface area (Å²) in [5.41, 5.74) is 4.04. The molecule has 0 saturated carbocycles. The Hall–Kier alpha value is -4.20. The molecule has 1 aliphatic heterocycles. The lowest BCUT2D eigenvalue weighted by atomic mass is 10.1. The van der Waals surface area contributed by atoms with E-state index in [1.165, 1.54) is 10.8 Å². The van der Waals surface area contributed by atoms with Crippen LogP contribution < -0.4 is 5.32 Å². The molecule has 1 aliphatic rings. The predicted molar refractivity (Wildman–Crippen MR) is 163 cm³/mol. The molecule has 4 aromatic carbocycles. The Bertz CT molecular complexity index is 1810. The number of aromatic nitrogens is 2. The molecule has 2 aromatic heterocycles. The summed E-state index contributed by atoms with van der Waals surface area (Å²) in [6, 6.07) is 28.9. The van der Waals surface area contributed by atoms with Crippen molar-refractivity contribution in [2.75, 3.05) is 25.0 Å². The molecule has 1 N–H and O–H groups in total. The molecule has 7 rings (SSSR count). The molecule has 6 aromatic rings. The molecule has 1 fully saturated rings. The van der Waals surface area contributed by atoms with Gasteiger partial charge in [0.15, 0.2) is 4.96 Å². The van der Waals surface area contributed by atoms with Crippen molar-refractivity contribution in [3.05, 3.63) is 102 Å². The average molecular weight is 547 g/mol. The molecule has 0 radical (unpaired) electrons. The molecule has 200 valence electrons. The van der Waals surface area contributed by atoms with Crippen LogP contribution >= 0.6 is 11.3 Å². The van der Waals surface area contributed by atoms with E-state index in [1.807, 2.05) is 35.2 Å². The summed E-state index contributed by atoms with van der Waals surface area (Å²) < 4.78 is 8.08. The van der Waals surface area contributed by atoms with Crippen LogP contribution in [-0.4, -0.2) is 46.1 Å². The Balaban J connectivity index is 1.12. The van der Waals surface area contributed by atoms with Gasteiger partial charge in [-0.15, -0.1) is 11.3 Å². The number of carbonyl (C=O) groups excluding carboxylic acids is 1. The summed E-state index contributed by atoms with van der Waals surface area (Å²) in [5.74, 6) is 0. The number of fused-ring (bicyclic) bond motifs is 3. The number of urea groups is 1. The molecule has 1 unspecified atom stereocenters. The van der Waals surface area contributed by atoms with E-state index < -0.39 is 0 Å². The molecular formula is C33H30N4O2S. The Kier molecular flexibility index (Phi) is 6.67. The van der Waals surface area contributed by atoms with Crippen LogP contribution in [0.2, 0.25) is 0 Å². The van der Waals surface area contributed by atoms with Crippen molar-refractivity contribution < 1.29 is 9.53 Å². The number of benzene rings is 4. The summed E-state index contributed by atoms with van der Waals surface area (Å²) in [6.45, 7) is 1.93. The topological polar surface area (TPSA) is 58.9 Å². The van der Waals surface area contributed by atoms with Gasteiger partial charge in [-0.3, -0.25) is 4.40 Å². The minimum atomic E-state index is -0.0965. The van der Waals surface area contributed by atoms with E-state index in [1.54, 1.807) is 11.3 Å².